The van der Waals surface area contributed by atoms with E-state index in [2.05, 4.69) is 53.6 Å². The van der Waals surface area contributed by atoms with E-state index in [0.29, 0.717) is 0 Å². The van der Waals surface area contributed by atoms with Gasteiger partial charge in [0.2, 0.25) is 0 Å². The number of rotatable bonds is 3. The summed E-state index contributed by atoms with van der Waals surface area (Å²) >= 11 is 1.75. The third-order valence-electron chi connectivity index (χ3n) is 2.38. The minimum absolute atomic E-state index is 0.898. The van der Waals surface area contributed by atoms with E-state index in [9.17, 15) is 0 Å². The number of nitrogens with one attached hydrogen (secondary N) is 1. The molecule has 0 fully saturated rings. The van der Waals surface area contributed by atoms with Gasteiger partial charge in [-0.1, -0.05) is 42.2 Å². The summed E-state index contributed by atoms with van der Waals surface area (Å²) < 4.78 is 0. The zero-order valence-corrected chi connectivity index (χ0v) is 10.7. The van der Waals surface area contributed by atoms with Gasteiger partial charge in [-0.05, 0) is 24.7 Å². The normalized spacial score (nSPS) is 9.71. The molecular formula is C15H15NS. The number of hydrogen-bond donors (Lipinski definition) is 1. The van der Waals surface area contributed by atoms with Crippen LogP contribution in [-0.2, 0) is 0 Å². The fraction of sp³-hybridized carbons (Fsp3) is 0.200. The molecule has 17 heavy (non-hydrogen) atoms. The van der Waals surface area contributed by atoms with Gasteiger partial charge in [-0.2, -0.15) is 0 Å². The number of thiophene rings is 1. The van der Waals surface area contributed by atoms with Crippen LogP contribution in [0.4, 0.5) is 0 Å². The Morgan fingerprint density at radius 2 is 1.94 bits per heavy atom. The predicted molar refractivity (Wildman–Crippen MR) is 75.2 cm³/mol. The van der Waals surface area contributed by atoms with Crippen molar-refractivity contribution in [1.82, 2.24) is 5.32 Å². The van der Waals surface area contributed by atoms with Gasteiger partial charge < -0.3 is 5.32 Å². The molecule has 2 aromatic rings. The average molecular weight is 241 g/mol. The summed E-state index contributed by atoms with van der Waals surface area (Å²) in [6, 6.07) is 14.7. The lowest BCUT2D eigenvalue weighted by molar-refractivity contribution is 0.818. The second-order valence-corrected chi connectivity index (χ2v) is 4.77. The molecule has 0 saturated carbocycles. The first kappa shape index (κ1) is 11.9. The number of hydrogen-bond acceptors (Lipinski definition) is 2. The lowest BCUT2D eigenvalue weighted by atomic mass is 10.2. The first-order chi connectivity index (χ1) is 8.40. The summed E-state index contributed by atoms with van der Waals surface area (Å²) in [5.74, 6) is 6.36. The molecular weight excluding hydrogens is 226 g/mol. The van der Waals surface area contributed by atoms with Crippen molar-refractivity contribution in [1.29, 1.82) is 0 Å². The second-order valence-electron chi connectivity index (χ2n) is 3.69. The molecule has 1 aromatic heterocycles. The summed E-state index contributed by atoms with van der Waals surface area (Å²) in [7, 11) is 1.94. The molecule has 0 saturated heterocycles. The molecule has 0 spiro atoms. The minimum Gasteiger partial charge on any atom is -0.319 e. The SMILES string of the molecule is CNCCC#Cc1ccc(-c2ccccc2)s1. The van der Waals surface area contributed by atoms with Crippen LogP contribution in [0, 0.1) is 11.8 Å². The summed E-state index contributed by atoms with van der Waals surface area (Å²) in [6.45, 7) is 0.948. The minimum atomic E-state index is 0.898. The van der Waals surface area contributed by atoms with Crippen molar-refractivity contribution in [3.63, 3.8) is 0 Å². The molecule has 0 atom stereocenters. The molecule has 0 aliphatic heterocycles. The van der Waals surface area contributed by atoms with E-state index in [0.717, 1.165) is 17.8 Å². The van der Waals surface area contributed by atoms with Crippen molar-refractivity contribution in [2.24, 2.45) is 0 Å². The lowest BCUT2D eigenvalue weighted by Gasteiger charge is -1.93. The zero-order chi connectivity index (χ0) is 11.9. The molecule has 86 valence electrons. The maximum absolute atomic E-state index is 3.20. The molecule has 1 nitrogen and oxygen atoms in total. The third-order valence-corrected chi connectivity index (χ3v) is 3.43. The number of benzene rings is 1. The second kappa shape index (κ2) is 6.24. The lowest BCUT2D eigenvalue weighted by Crippen LogP contribution is -2.05. The van der Waals surface area contributed by atoms with Crippen molar-refractivity contribution in [2.45, 2.75) is 6.42 Å². The van der Waals surface area contributed by atoms with Crippen LogP contribution < -0.4 is 5.32 Å². The smallest absolute Gasteiger partial charge is 0.0775 e. The Morgan fingerprint density at radius 1 is 1.12 bits per heavy atom. The fourth-order valence-electron chi connectivity index (χ4n) is 1.50. The monoisotopic (exact) mass is 241 g/mol. The van der Waals surface area contributed by atoms with Crippen LogP contribution in [0.15, 0.2) is 42.5 Å². The van der Waals surface area contributed by atoms with E-state index in [1.807, 2.05) is 13.1 Å². The van der Waals surface area contributed by atoms with Crippen molar-refractivity contribution in [3.05, 3.63) is 47.3 Å². The Balaban J connectivity index is 2.08. The van der Waals surface area contributed by atoms with Crippen molar-refractivity contribution < 1.29 is 0 Å². The topological polar surface area (TPSA) is 12.0 Å². The summed E-state index contributed by atoms with van der Waals surface area (Å²) in [5.41, 5.74) is 1.26. The molecule has 2 heteroatoms. The Kier molecular flexibility index (Phi) is 4.37. The Labute approximate surface area is 107 Å². The first-order valence-electron chi connectivity index (χ1n) is 5.69. The van der Waals surface area contributed by atoms with Crippen LogP contribution in [0.25, 0.3) is 10.4 Å². The highest BCUT2D eigenvalue weighted by Gasteiger charge is 1.99. The largest absolute Gasteiger partial charge is 0.319 e. The Morgan fingerprint density at radius 3 is 2.71 bits per heavy atom. The average Bonchev–Trinajstić information content (AvgIpc) is 2.85. The van der Waals surface area contributed by atoms with E-state index in [1.54, 1.807) is 11.3 Å². The van der Waals surface area contributed by atoms with Gasteiger partial charge in [0.05, 0.1) is 4.88 Å². The molecule has 1 N–H and O–H groups in total. The van der Waals surface area contributed by atoms with E-state index < -0.39 is 0 Å². The fourth-order valence-corrected chi connectivity index (χ4v) is 2.39. The first-order valence-corrected chi connectivity index (χ1v) is 6.50. The Hall–Kier alpha value is -1.56. The van der Waals surface area contributed by atoms with E-state index >= 15 is 0 Å². The van der Waals surface area contributed by atoms with Crippen LogP contribution in [0.1, 0.15) is 11.3 Å². The molecule has 0 unspecified atom stereocenters. The van der Waals surface area contributed by atoms with Crippen LogP contribution in [0.3, 0.4) is 0 Å². The van der Waals surface area contributed by atoms with Crippen LogP contribution in [-0.4, -0.2) is 13.6 Å². The quantitative estimate of drug-likeness (QED) is 0.641. The molecule has 0 amide bonds. The van der Waals surface area contributed by atoms with Crippen molar-refractivity contribution >= 4 is 11.3 Å². The summed E-state index contributed by atoms with van der Waals surface area (Å²) in [4.78, 5) is 2.42. The third kappa shape index (κ3) is 3.45. The van der Waals surface area contributed by atoms with Crippen molar-refractivity contribution in [3.8, 4) is 22.3 Å². The van der Waals surface area contributed by atoms with E-state index in [1.165, 1.54) is 10.4 Å². The maximum Gasteiger partial charge on any atom is 0.0775 e. The maximum atomic E-state index is 3.20. The zero-order valence-electron chi connectivity index (χ0n) is 9.86. The summed E-state index contributed by atoms with van der Waals surface area (Å²) in [6.07, 6.45) is 0.898. The van der Waals surface area contributed by atoms with Crippen LogP contribution >= 0.6 is 11.3 Å². The predicted octanol–water partition coefficient (Wildman–Crippen LogP) is 3.38. The van der Waals surface area contributed by atoms with Crippen molar-refractivity contribution in [2.75, 3.05) is 13.6 Å². The van der Waals surface area contributed by atoms with Gasteiger partial charge in [0, 0.05) is 17.8 Å². The highest BCUT2D eigenvalue weighted by atomic mass is 32.1. The van der Waals surface area contributed by atoms with Gasteiger partial charge in [0.1, 0.15) is 0 Å². The van der Waals surface area contributed by atoms with Gasteiger partial charge in [0.15, 0.2) is 0 Å². The van der Waals surface area contributed by atoms with E-state index in [4.69, 9.17) is 0 Å². The molecule has 0 bridgehead atoms. The van der Waals surface area contributed by atoms with Gasteiger partial charge in [-0.3, -0.25) is 0 Å². The highest BCUT2D eigenvalue weighted by Crippen LogP contribution is 2.27. The van der Waals surface area contributed by atoms with Crippen LogP contribution in [0.5, 0.6) is 0 Å². The standard InChI is InChI=1S/C15H15NS/c1-16-12-6-5-9-14-10-11-15(17-14)13-7-3-2-4-8-13/h2-4,7-8,10-11,16H,6,12H2,1H3. The van der Waals surface area contributed by atoms with Gasteiger partial charge >= 0.3 is 0 Å². The van der Waals surface area contributed by atoms with Gasteiger partial charge in [-0.25, -0.2) is 0 Å². The summed E-state index contributed by atoms with van der Waals surface area (Å²) in [5, 5.41) is 3.09. The Bertz CT molecular complexity index is 517. The molecule has 0 radical (unpaired) electrons. The molecule has 0 aliphatic rings. The molecule has 0 aliphatic carbocycles. The van der Waals surface area contributed by atoms with Gasteiger partial charge in [-0.15, -0.1) is 11.3 Å². The van der Waals surface area contributed by atoms with E-state index in [-0.39, 0.29) is 0 Å². The van der Waals surface area contributed by atoms with Gasteiger partial charge in [0.25, 0.3) is 0 Å². The molecule has 1 heterocycles. The molecule has 2 rings (SSSR count). The van der Waals surface area contributed by atoms with Crippen LogP contribution in [0.2, 0.25) is 0 Å². The molecule has 1 aromatic carbocycles. The highest BCUT2D eigenvalue weighted by molar-refractivity contribution is 7.16.